The van der Waals surface area contributed by atoms with Crippen LogP contribution in [-0.2, 0) is 17.2 Å². The minimum Gasteiger partial charge on any atom is -0.352 e. The fraction of sp³-hybridized carbons (Fsp3) is 0.167. The number of nitrogens with one attached hydrogen (secondary N) is 2. The van der Waals surface area contributed by atoms with Crippen LogP contribution in [0.1, 0.15) is 21.6 Å². The topological polar surface area (TPSA) is 77.6 Å². The first-order chi connectivity index (χ1) is 11.7. The molecule has 6 heteroatoms. The van der Waals surface area contributed by atoms with Crippen molar-refractivity contribution in [2.75, 3.05) is 11.9 Å². The van der Waals surface area contributed by atoms with E-state index in [2.05, 4.69) is 10.3 Å². The Kier molecular flexibility index (Phi) is 2.60. The van der Waals surface area contributed by atoms with Gasteiger partial charge in [-0.1, -0.05) is 30.3 Å². The molecule has 0 saturated carbocycles. The van der Waals surface area contributed by atoms with E-state index < -0.39 is 5.85 Å². The summed E-state index contributed by atoms with van der Waals surface area (Å²) in [6.07, 6.45) is 0.694. The molecule has 2 aliphatic heterocycles. The molecule has 120 valence electrons. The number of rotatable bonds is 1. The second-order valence-corrected chi connectivity index (χ2v) is 6.14. The lowest BCUT2D eigenvalue weighted by atomic mass is 9.95. The largest absolute Gasteiger partial charge is 0.352 e. The number of fused-ring (bicyclic) bond motifs is 6. The molecule has 0 bridgehead atoms. The summed E-state index contributed by atoms with van der Waals surface area (Å²) in [5.41, 5.74) is 3.88. The number of aromatic amines is 1. The van der Waals surface area contributed by atoms with E-state index in [1.165, 1.54) is 4.90 Å². The SMILES string of the molecule is O=C1c2ccccc2NC2(OO)c3[nH]c4ccccc4c3CCN12. The Hall–Kier alpha value is -2.83. The van der Waals surface area contributed by atoms with E-state index in [9.17, 15) is 10.1 Å². The normalized spacial score (nSPS) is 21.9. The van der Waals surface area contributed by atoms with Gasteiger partial charge in [0.1, 0.15) is 0 Å². The highest BCUT2D eigenvalue weighted by atomic mass is 17.1. The van der Waals surface area contributed by atoms with Gasteiger partial charge in [0, 0.05) is 17.4 Å². The predicted octanol–water partition coefficient (Wildman–Crippen LogP) is 2.89. The second-order valence-electron chi connectivity index (χ2n) is 6.14. The summed E-state index contributed by atoms with van der Waals surface area (Å²) in [6, 6.07) is 15.2. The van der Waals surface area contributed by atoms with Crippen molar-refractivity contribution in [1.82, 2.24) is 9.88 Å². The highest BCUT2D eigenvalue weighted by molar-refractivity contribution is 6.02. The average molecular weight is 321 g/mol. The number of para-hydroxylation sites is 2. The number of H-pyrrole nitrogens is 1. The first-order valence-corrected chi connectivity index (χ1v) is 7.86. The highest BCUT2D eigenvalue weighted by Crippen LogP contribution is 2.44. The molecule has 3 aromatic rings. The molecule has 1 aromatic heterocycles. The van der Waals surface area contributed by atoms with Crippen LogP contribution in [0.4, 0.5) is 5.69 Å². The highest BCUT2D eigenvalue weighted by Gasteiger charge is 2.52. The summed E-state index contributed by atoms with van der Waals surface area (Å²) in [5.74, 6) is -1.60. The first-order valence-electron chi connectivity index (χ1n) is 7.86. The maximum Gasteiger partial charge on any atom is 0.294 e. The lowest BCUT2D eigenvalue weighted by Crippen LogP contribution is -2.61. The molecule has 1 amide bonds. The van der Waals surface area contributed by atoms with E-state index in [4.69, 9.17) is 4.89 Å². The van der Waals surface area contributed by atoms with Crippen LogP contribution in [0.5, 0.6) is 0 Å². The van der Waals surface area contributed by atoms with Gasteiger partial charge in [-0.05, 0) is 30.2 Å². The fourth-order valence-electron chi connectivity index (χ4n) is 3.86. The van der Waals surface area contributed by atoms with Crippen molar-refractivity contribution in [3.8, 4) is 0 Å². The van der Waals surface area contributed by atoms with Crippen molar-refractivity contribution in [3.05, 3.63) is 65.4 Å². The third-order valence-corrected chi connectivity index (χ3v) is 4.96. The maximum absolute atomic E-state index is 12.9. The average Bonchev–Trinajstić information content (AvgIpc) is 3.01. The van der Waals surface area contributed by atoms with Gasteiger partial charge >= 0.3 is 0 Å². The molecule has 3 N–H and O–H groups in total. The third kappa shape index (κ3) is 1.54. The second kappa shape index (κ2) is 4.59. The zero-order valence-electron chi connectivity index (χ0n) is 12.7. The van der Waals surface area contributed by atoms with Crippen molar-refractivity contribution >= 4 is 22.5 Å². The minimum absolute atomic E-state index is 0.164. The van der Waals surface area contributed by atoms with Gasteiger partial charge in [0.25, 0.3) is 11.8 Å². The smallest absolute Gasteiger partial charge is 0.294 e. The van der Waals surface area contributed by atoms with Crippen molar-refractivity contribution in [2.24, 2.45) is 0 Å². The van der Waals surface area contributed by atoms with E-state index in [1.54, 1.807) is 6.07 Å². The molecule has 0 aliphatic carbocycles. The van der Waals surface area contributed by atoms with Gasteiger partial charge in [-0.3, -0.25) is 9.69 Å². The predicted molar refractivity (Wildman–Crippen MR) is 88.5 cm³/mol. The zero-order chi connectivity index (χ0) is 16.3. The van der Waals surface area contributed by atoms with E-state index >= 15 is 0 Å². The number of carbonyl (C=O) groups is 1. The van der Waals surface area contributed by atoms with Gasteiger partial charge in [-0.15, -0.1) is 0 Å². The Labute approximate surface area is 137 Å². The number of hydrogen-bond donors (Lipinski definition) is 3. The summed E-state index contributed by atoms with van der Waals surface area (Å²) in [7, 11) is 0. The van der Waals surface area contributed by atoms with E-state index in [1.807, 2.05) is 42.5 Å². The van der Waals surface area contributed by atoms with E-state index in [0.29, 0.717) is 29.9 Å². The lowest BCUT2D eigenvalue weighted by molar-refractivity contribution is -0.358. The van der Waals surface area contributed by atoms with Crippen LogP contribution in [0.25, 0.3) is 10.9 Å². The van der Waals surface area contributed by atoms with Crippen LogP contribution in [0.15, 0.2) is 48.5 Å². The Morgan fingerprint density at radius 3 is 2.79 bits per heavy atom. The molecule has 1 atom stereocenters. The van der Waals surface area contributed by atoms with E-state index in [-0.39, 0.29) is 5.91 Å². The van der Waals surface area contributed by atoms with Gasteiger partial charge < -0.3 is 10.3 Å². The third-order valence-electron chi connectivity index (χ3n) is 4.96. The lowest BCUT2D eigenvalue weighted by Gasteiger charge is -2.47. The molecular formula is C18H15N3O3. The molecule has 24 heavy (non-hydrogen) atoms. The molecule has 0 saturated heterocycles. The first kappa shape index (κ1) is 13.6. The molecule has 5 rings (SSSR count). The van der Waals surface area contributed by atoms with Crippen LogP contribution in [0.2, 0.25) is 0 Å². The molecule has 3 heterocycles. The minimum atomic E-state index is -1.43. The van der Waals surface area contributed by atoms with Gasteiger partial charge in [0.15, 0.2) is 0 Å². The monoisotopic (exact) mass is 321 g/mol. The number of aromatic nitrogens is 1. The number of carbonyl (C=O) groups excluding carboxylic acids is 1. The summed E-state index contributed by atoms with van der Waals surface area (Å²) >= 11 is 0. The van der Waals surface area contributed by atoms with Gasteiger partial charge in [-0.2, -0.15) is 4.89 Å². The number of nitrogens with zero attached hydrogens (tertiary/aromatic N) is 1. The maximum atomic E-state index is 12.9. The molecule has 0 spiro atoms. The van der Waals surface area contributed by atoms with Crippen molar-refractivity contribution in [1.29, 1.82) is 0 Å². The number of benzene rings is 2. The number of amides is 1. The number of hydrogen-bond acceptors (Lipinski definition) is 4. The molecule has 1 unspecified atom stereocenters. The van der Waals surface area contributed by atoms with Gasteiger partial charge in [0.2, 0.25) is 0 Å². The standard InChI is InChI=1S/C18H15N3O3/c22-17-13-6-2-4-8-15(13)20-18(24-23)16-12(9-10-21(17)18)11-5-1-3-7-14(11)19-16/h1-8,19-20,23H,9-10H2. The fourth-order valence-corrected chi connectivity index (χ4v) is 3.86. The molecule has 0 fully saturated rings. The quantitative estimate of drug-likeness (QED) is 0.476. The van der Waals surface area contributed by atoms with Crippen LogP contribution in [0, 0.1) is 0 Å². The van der Waals surface area contributed by atoms with Crippen molar-refractivity contribution < 1.29 is 14.9 Å². The Balaban J connectivity index is 1.79. The zero-order valence-corrected chi connectivity index (χ0v) is 12.7. The number of anilines is 1. The van der Waals surface area contributed by atoms with E-state index in [0.717, 1.165) is 16.5 Å². The molecular weight excluding hydrogens is 306 g/mol. The summed E-state index contributed by atoms with van der Waals surface area (Å²) in [6.45, 7) is 0.454. The Morgan fingerprint density at radius 2 is 1.92 bits per heavy atom. The molecule has 2 aromatic carbocycles. The van der Waals surface area contributed by atoms with Crippen LogP contribution in [0.3, 0.4) is 0 Å². The summed E-state index contributed by atoms with van der Waals surface area (Å²) in [4.78, 5) is 22.7. The molecule has 0 radical (unpaired) electrons. The Bertz CT molecular complexity index is 981. The van der Waals surface area contributed by atoms with Gasteiger partial charge in [0.05, 0.1) is 16.9 Å². The van der Waals surface area contributed by atoms with Crippen LogP contribution < -0.4 is 5.32 Å². The van der Waals surface area contributed by atoms with Crippen LogP contribution in [-0.4, -0.2) is 27.6 Å². The van der Waals surface area contributed by atoms with Gasteiger partial charge in [-0.25, -0.2) is 5.26 Å². The summed E-state index contributed by atoms with van der Waals surface area (Å²) < 4.78 is 0. The van der Waals surface area contributed by atoms with Crippen molar-refractivity contribution in [3.63, 3.8) is 0 Å². The summed E-state index contributed by atoms with van der Waals surface area (Å²) in [5, 5.41) is 14.1. The van der Waals surface area contributed by atoms with Crippen LogP contribution >= 0.6 is 0 Å². The Morgan fingerprint density at radius 1 is 1.12 bits per heavy atom. The molecule has 2 aliphatic rings. The van der Waals surface area contributed by atoms with Crippen molar-refractivity contribution in [2.45, 2.75) is 12.3 Å². The molecule has 6 nitrogen and oxygen atoms in total.